The Morgan fingerprint density at radius 1 is 1.09 bits per heavy atom. The van der Waals surface area contributed by atoms with Crippen molar-refractivity contribution >= 4 is 5.69 Å². The van der Waals surface area contributed by atoms with E-state index in [0.717, 1.165) is 18.2 Å². The molecule has 1 saturated heterocycles. The van der Waals surface area contributed by atoms with E-state index in [1.54, 1.807) is 0 Å². The van der Waals surface area contributed by atoms with Crippen LogP contribution in [0.5, 0.6) is 5.75 Å². The Hall–Kier alpha value is -2.61. The third-order valence-corrected chi connectivity index (χ3v) is 3.52. The molecule has 0 radical (unpaired) electrons. The zero-order valence-corrected chi connectivity index (χ0v) is 11.6. The molecule has 1 heterocycles. The van der Waals surface area contributed by atoms with Gasteiger partial charge in [0.25, 0.3) is 5.69 Å². The van der Waals surface area contributed by atoms with Crippen molar-refractivity contribution in [2.24, 2.45) is 0 Å². The second kappa shape index (κ2) is 5.54. The molecular weight excluding hydrogens is 315 g/mol. The summed E-state index contributed by atoms with van der Waals surface area (Å²) in [5, 5.41) is 10.6. The predicted octanol–water partition coefficient (Wildman–Crippen LogP) is 3.32. The molecule has 1 fully saturated rings. The standard InChI is InChI=1S/C15H10F3NO4/c16-9-1-3-11(12(17)5-9)15(7-22-8-15)23-14-4-2-10(19(20)21)6-13(14)18/h1-6H,7-8H2. The van der Waals surface area contributed by atoms with Crippen molar-refractivity contribution in [1.29, 1.82) is 0 Å². The molecule has 1 aliphatic heterocycles. The molecule has 0 bridgehead atoms. The molecule has 0 amide bonds. The number of rotatable bonds is 4. The lowest BCUT2D eigenvalue weighted by molar-refractivity contribution is -0.385. The number of ether oxygens (including phenoxy) is 2. The topological polar surface area (TPSA) is 61.6 Å². The average molecular weight is 325 g/mol. The minimum absolute atomic E-state index is 0.0305. The molecule has 0 saturated carbocycles. The highest BCUT2D eigenvalue weighted by molar-refractivity contribution is 5.39. The summed E-state index contributed by atoms with van der Waals surface area (Å²) in [7, 11) is 0. The van der Waals surface area contributed by atoms with Gasteiger partial charge in [-0.2, -0.15) is 0 Å². The van der Waals surface area contributed by atoms with Gasteiger partial charge in [-0.25, -0.2) is 13.2 Å². The van der Waals surface area contributed by atoms with Crippen molar-refractivity contribution in [3.8, 4) is 5.75 Å². The van der Waals surface area contributed by atoms with Gasteiger partial charge in [0.1, 0.15) is 11.6 Å². The van der Waals surface area contributed by atoms with Crippen LogP contribution in [0.25, 0.3) is 0 Å². The van der Waals surface area contributed by atoms with E-state index in [9.17, 15) is 23.3 Å². The molecule has 0 aromatic heterocycles. The van der Waals surface area contributed by atoms with Crippen LogP contribution in [0.3, 0.4) is 0 Å². The zero-order valence-electron chi connectivity index (χ0n) is 11.6. The van der Waals surface area contributed by atoms with Gasteiger partial charge in [-0.15, -0.1) is 0 Å². The number of halogens is 3. The Balaban J connectivity index is 1.95. The third kappa shape index (κ3) is 2.72. The lowest BCUT2D eigenvalue weighted by Crippen LogP contribution is -2.52. The number of benzene rings is 2. The van der Waals surface area contributed by atoms with Crippen molar-refractivity contribution < 1.29 is 27.6 Å². The first-order valence-electron chi connectivity index (χ1n) is 6.57. The first-order chi connectivity index (χ1) is 10.9. The molecule has 0 N–H and O–H groups in total. The maximum Gasteiger partial charge on any atom is 0.272 e. The van der Waals surface area contributed by atoms with E-state index in [4.69, 9.17) is 9.47 Å². The van der Waals surface area contributed by atoms with Gasteiger partial charge in [0.15, 0.2) is 17.2 Å². The Morgan fingerprint density at radius 3 is 2.35 bits per heavy atom. The fraction of sp³-hybridized carbons (Fsp3) is 0.200. The number of non-ortho nitro benzene ring substituents is 1. The quantitative estimate of drug-likeness (QED) is 0.639. The van der Waals surface area contributed by atoms with Gasteiger partial charge in [0.2, 0.25) is 0 Å². The normalized spacial score (nSPS) is 15.8. The van der Waals surface area contributed by atoms with E-state index in [1.165, 1.54) is 6.07 Å². The molecule has 0 aliphatic carbocycles. The zero-order chi connectivity index (χ0) is 16.6. The molecule has 1 aliphatic rings. The van der Waals surface area contributed by atoms with E-state index in [0.29, 0.717) is 12.1 Å². The minimum atomic E-state index is -1.30. The van der Waals surface area contributed by atoms with Gasteiger partial charge in [-0.05, 0) is 18.2 Å². The second-order valence-corrected chi connectivity index (χ2v) is 5.09. The van der Waals surface area contributed by atoms with Crippen LogP contribution >= 0.6 is 0 Å². The van der Waals surface area contributed by atoms with Crippen molar-refractivity contribution in [3.63, 3.8) is 0 Å². The predicted molar refractivity (Wildman–Crippen MR) is 72.5 cm³/mol. The van der Waals surface area contributed by atoms with Crippen molar-refractivity contribution in [1.82, 2.24) is 0 Å². The molecule has 8 heteroatoms. The highest BCUT2D eigenvalue weighted by atomic mass is 19.1. The maximum atomic E-state index is 14.0. The van der Waals surface area contributed by atoms with E-state index < -0.39 is 33.7 Å². The van der Waals surface area contributed by atoms with Crippen LogP contribution < -0.4 is 4.74 Å². The summed E-state index contributed by atoms with van der Waals surface area (Å²) in [5.74, 6) is -2.81. The fourth-order valence-electron chi connectivity index (χ4n) is 2.31. The molecule has 0 spiro atoms. The van der Waals surface area contributed by atoms with Gasteiger partial charge in [0.05, 0.1) is 24.2 Å². The SMILES string of the molecule is O=[N+]([O-])c1ccc(OC2(c3ccc(F)cc3F)COC2)c(F)c1. The summed E-state index contributed by atoms with van der Waals surface area (Å²) in [6.45, 7) is -0.0992. The molecule has 3 rings (SSSR count). The number of nitrogens with zero attached hydrogens (tertiary/aromatic N) is 1. The smallest absolute Gasteiger partial charge is 0.272 e. The lowest BCUT2D eigenvalue weighted by atomic mass is 9.91. The van der Waals surface area contributed by atoms with Gasteiger partial charge >= 0.3 is 0 Å². The van der Waals surface area contributed by atoms with E-state index in [2.05, 4.69) is 0 Å². The van der Waals surface area contributed by atoms with Crippen LogP contribution in [-0.4, -0.2) is 18.1 Å². The summed E-state index contributed by atoms with van der Waals surface area (Å²) in [5.41, 5.74) is -1.70. The maximum absolute atomic E-state index is 14.0. The number of nitro benzene ring substituents is 1. The van der Waals surface area contributed by atoms with Crippen LogP contribution in [0.4, 0.5) is 18.9 Å². The number of hydrogen-bond donors (Lipinski definition) is 0. The van der Waals surface area contributed by atoms with E-state index in [1.807, 2.05) is 0 Å². The number of nitro groups is 1. The van der Waals surface area contributed by atoms with Crippen LogP contribution in [0.1, 0.15) is 5.56 Å². The molecule has 2 aromatic rings. The molecule has 0 unspecified atom stereocenters. The minimum Gasteiger partial charge on any atom is -0.474 e. The fourth-order valence-corrected chi connectivity index (χ4v) is 2.31. The Morgan fingerprint density at radius 2 is 1.83 bits per heavy atom. The van der Waals surface area contributed by atoms with Crippen molar-refractivity contribution in [2.75, 3.05) is 13.2 Å². The van der Waals surface area contributed by atoms with E-state index in [-0.39, 0.29) is 24.5 Å². The van der Waals surface area contributed by atoms with Gasteiger partial charge < -0.3 is 9.47 Å². The van der Waals surface area contributed by atoms with Crippen LogP contribution in [0, 0.1) is 27.6 Å². The summed E-state index contributed by atoms with van der Waals surface area (Å²) in [4.78, 5) is 9.87. The summed E-state index contributed by atoms with van der Waals surface area (Å²) in [6.07, 6.45) is 0. The average Bonchev–Trinajstić information content (AvgIpc) is 2.45. The van der Waals surface area contributed by atoms with Crippen LogP contribution in [0.15, 0.2) is 36.4 Å². The molecule has 0 atom stereocenters. The van der Waals surface area contributed by atoms with Crippen LogP contribution in [0.2, 0.25) is 0 Å². The first kappa shape index (κ1) is 15.3. The van der Waals surface area contributed by atoms with Gasteiger partial charge in [0, 0.05) is 17.7 Å². The number of hydrogen-bond acceptors (Lipinski definition) is 4. The first-order valence-corrected chi connectivity index (χ1v) is 6.57. The molecule has 2 aromatic carbocycles. The van der Waals surface area contributed by atoms with Crippen molar-refractivity contribution in [3.05, 3.63) is 69.5 Å². The molecule has 120 valence electrons. The monoisotopic (exact) mass is 325 g/mol. The molecule has 23 heavy (non-hydrogen) atoms. The van der Waals surface area contributed by atoms with Gasteiger partial charge in [-0.1, -0.05) is 0 Å². The third-order valence-electron chi connectivity index (χ3n) is 3.52. The highest BCUT2D eigenvalue weighted by Crippen LogP contribution is 2.38. The summed E-state index contributed by atoms with van der Waals surface area (Å²) >= 11 is 0. The highest BCUT2D eigenvalue weighted by Gasteiger charge is 2.45. The Labute approximate surface area is 128 Å². The Kier molecular flexibility index (Phi) is 3.69. The molecule has 5 nitrogen and oxygen atoms in total. The summed E-state index contributed by atoms with van der Waals surface area (Å²) < 4.78 is 51.5. The van der Waals surface area contributed by atoms with Crippen LogP contribution in [-0.2, 0) is 10.3 Å². The second-order valence-electron chi connectivity index (χ2n) is 5.09. The Bertz CT molecular complexity index is 777. The summed E-state index contributed by atoms with van der Waals surface area (Å²) in [6, 6.07) is 5.85. The van der Waals surface area contributed by atoms with E-state index >= 15 is 0 Å². The van der Waals surface area contributed by atoms with Crippen molar-refractivity contribution in [2.45, 2.75) is 5.60 Å². The van der Waals surface area contributed by atoms with Gasteiger partial charge in [-0.3, -0.25) is 10.1 Å². The molecular formula is C15H10F3NO4. The largest absolute Gasteiger partial charge is 0.474 e. The lowest BCUT2D eigenvalue weighted by Gasteiger charge is -2.41.